The van der Waals surface area contributed by atoms with Crippen LogP contribution < -0.4 is 20.1 Å². The normalized spacial score (nSPS) is 12.3. The van der Waals surface area contributed by atoms with E-state index in [1.165, 1.54) is 32.6 Å². The van der Waals surface area contributed by atoms with E-state index in [1.54, 1.807) is 36.7 Å². The molecule has 0 aliphatic heterocycles. The van der Waals surface area contributed by atoms with Gasteiger partial charge < -0.3 is 30.3 Å². The number of nitrogens with zero attached hydrogens (tertiary/aromatic N) is 2. The Bertz CT molecular complexity index is 1560. The maximum Gasteiger partial charge on any atom is 0.251 e. The molecule has 48 heavy (non-hydrogen) atoms. The first kappa shape index (κ1) is 36.0. The standard InChI is InChI=1S/C38H46N4O6/c1-4-6-7-8-9-22-48-33-18-14-28(15-19-33)31-24-39-35(40-25-31)29-12-10-27(11-13-29)23-34(37(44)41-26(3)38(45)46)42-36(43)30-16-20-32(21-17-30)47-5-2/h10-21,24-26,34,38,45-46H,4-9,22-23H2,1-3H3,(H,41,44)(H,42,43)/t26-,34+/m1/s1. The van der Waals surface area contributed by atoms with Crippen LogP contribution in [-0.2, 0) is 11.2 Å². The Morgan fingerprint density at radius 1 is 0.729 bits per heavy atom. The SMILES string of the molecule is CCCCCCCOc1ccc(-c2cnc(-c3ccc(C[C@H](NC(=O)c4ccc(OCC)cc4)C(=O)N[C@H](C)C(O)O)cc3)nc2)cc1. The lowest BCUT2D eigenvalue weighted by atomic mass is 10.0. The van der Waals surface area contributed by atoms with Gasteiger partial charge in [-0.1, -0.05) is 69.0 Å². The molecule has 0 radical (unpaired) electrons. The van der Waals surface area contributed by atoms with E-state index in [0.29, 0.717) is 23.7 Å². The van der Waals surface area contributed by atoms with E-state index in [0.717, 1.165) is 41.0 Å². The summed E-state index contributed by atoms with van der Waals surface area (Å²) in [6.45, 7) is 6.77. The summed E-state index contributed by atoms with van der Waals surface area (Å²) in [6.07, 6.45) is 8.00. The predicted octanol–water partition coefficient (Wildman–Crippen LogP) is 5.72. The molecule has 4 aromatic rings. The van der Waals surface area contributed by atoms with Crippen LogP contribution in [0.1, 0.15) is 68.8 Å². The van der Waals surface area contributed by atoms with Crippen molar-refractivity contribution < 1.29 is 29.3 Å². The lowest BCUT2D eigenvalue weighted by Crippen LogP contribution is -2.52. The van der Waals surface area contributed by atoms with Gasteiger partial charge in [-0.3, -0.25) is 9.59 Å². The van der Waals surface area contributed by atoms with E-state index >= 15 is 0 Å². The maximum absolute atomic E-state index is 13.1. The number of aromatic nitrogens is 2. The number of nitrogens with one attached hydrogen (secondary N) is 2. The first-order chi connectivity index (χ1) is 23.3. The van der Waals surface area contributed by atoms with Crippen LogP contribution in [0.4, 0.5) is 0 Å². The van der Waals surface area contributed by atoms with Crippen LogP contribution >= 0.6 is 0 Å². The first-order valence-corrected chi connectivity index (χ1v) is 16.6. The smallest absolute Gasteiger partial charge is 0.251 e. The summed E-state index contributed by atoms with van der Waals surface area (Å²) in [4.78, 5) is 35.3. The Balaban J connectivity index is 1.38. The van der Waals surface area contributed by atoms with Crippen LogP contribution in [0.2, 0.25) is 0 Å². The van der Waals surface area contributed by atoms with Gasteiger partial charge in [-0.25, -0.2) is 9.97 Å². The molecule has 254 valence electrons. The second-order valence-electron chi connectivity index (χ2n) is 11.7. The Morgan fingerprint density at radius 3 is 1.96 bits per heavy atom. The fourth-order valence-electron chi connectivity index (χ4n) is 5.01. The van der Waals surface area contributed by atoms with Crippen molar-refractivity contribution in [1.82, 2.24) is 20.6 Å². The highest BCUT2D eigenvalue weighted by atomic mass is 16.5. The number of carbonyl (C=O) groups is 2. The number of ether oxygens (including phenoxy) is 2. The van der Waals surface area contributed by atoms with Gasteiger partial charge in [0.15, 0.2) is 12.1 Å². The third-order valence-electron chi connectivity index (χ3n) is 7.87. The van der Waals surface area contributed by atoms with Crippen LogP contribution in [0.25, 0.3) is 22.5 Å². The Kier molecular flexibility index (Phi) is 13.9. The second kappa shape index (κ2) is 18.5. The third kappa shape index (κ3) is 10.9. The van der Waals surface area contributed by atoms with Crippen LogP contribution in [0.15, 0.2) is 85.2 Å². The summed E-state index contributed by atoms with van der Waals surface area (Å²) >= 11 is 0. The molecule has 0 aliphatic rings. The fourth-order valence-corrected chi connectivity index (χ4v) is 5.01. The largest absolute Gasteiger partial charge is 0.494 e. The molecule has 1 aromatic heterocycles. The molecule has 0 saturated carbocycles. The number of aliphatic hydroxyl groups excluding tert-OH is 1. The van der Waals surface area contributed by atoms with E-state index in [-0.39, 0.29) is 6.42 Å². The zero-order chi connectivity index (χ0) is 34.3. The van der Waals surface area contributed by atoms with Gasteiger partial charge in [0.2, 0.25) is 5.91 Å². The highest BCUT2D eigenvalue weighted by Crippen LogP contribution is 2.24. The molecule has 0 spiro atoms. The van der Waals surface area contributed by atoms with Gasteiger partial charge in [0.1, 0.15) is 17.5 Å². The average molecular weight is 655 g/mol. The van der Waals surface area contributed by atoms with Crippen molar-refractivity contribution in [2.45, 2.75) is 77.7 Å². The van der Waals surface area contributed by atoms with E-state index in [1.807, 2.05) is 55.5 Å². The molecule has 3 aromatic carbocycles. The zero-order valence-electron chi connectivity index (χ0n) is 27.9. The lowest BCUT2D eigenvalue weighted by molar-refractivity contribution is -0.128. The van der Waals surface area contributed by atoms with Gasteiger partial charge in [-0.15, -0.1) is 0 Å². The van der Waals surface area contributed by atoms with Gasteiger partial charge in [-0.2, -0.15) is 0 Å². The Hall–Kier alpha value is -4.80. The number of aliphatic hydroxyl groups is 2. The monoisotopic (exact) mass is 654 g/mol. The Morgan fingerprint density at radius 2 is 1.33 bits per heavy atom. The van der Waals surface area contributed by atoms with Crippen LogP contribution in [-0.4, -0.2) is 63.6 Å². The molecular weight excluding hydrogens is 608 g/mol. The topological polar surface area (TPSA) is 143 Å². The molecule has 0 aliphatic carbocycles. The van der Waals surface area contributed by atoms with Crippen molar-refractivity contribution in [3.63, 3.8) is 0 Å². The minimum Gasteiger partial charge on any atom is -0.494 e. The maximum atomic E-state index is 13.1. The molecule has 0 fully saturated rings. The number of amides is 2. The second-order valence-corrected chi connectivity index (χ2v) is 11.7. The first-order valence-electron chi connectivity index (χ1n) is 16.6. The summed E-state index contributed by atoms with van der Waals surface area (Å²) in [5.74, 6) is 1.05. The number of unbranched alkanes of at least 4 members (excludes halogenated alkanes) is 4. The molecule has 2 amide bonds. The number of hydrogen-bond acceptors (Lipinski definition) is 8. The van der Waals surface area contributed by atoms with Crippen molar-refractivity contribution >= 4 is 11.8 Å². The van der Waals surface area contributed by atoms with Gasteiger partial charge in [0.05, 0.1) is 19.3 Å². The third-order valence-corrected chi connectivity index (χ3v) is 7.87. The quantitative estimate of drug-likeness (QED) is 0.0789. The molecule has 4 N–H and O–H groups in total. The minimum atomic E-state index is -1.75. The molecule has 0 unspecified atom stereocenters. The van der Waals surface area contributed by atoms with E-state index in [9.17, 15) is 19.8 Å². The molecular formula is C38H46N4O6. The summed E-state index contributed by atoms with van der Waals surface area (Å²) in [7, 11) is 0. The zero-order valence-corrected chi connectivity index (χ0v) is 27.9. The van der Waals surface area contributed by atoms with Gasteiger partial charge in [-0.05, 0) is 67.8 Å². The van der Waals surface area contributed by atoms with E-state index < -0.39 is 30.2 Å². The lowest BCUT2D eigenvalue weighted by Gasteiger charge is -2.22. The summed E-state index contributed by atoms with van der Waals surface area (Å²) in [6, 6.07) is 20.1. The molecule has 4 rings (SSSR count). The number of rotatable bonds is 18. The summed E-state index contributed by atoms with van der Waals surface area (Å²) < 4.78 is 11.3. The highest BCUT2D eigenvalue weighted by molar-refractivity contribution is 5.97. The van der Waals surface area contributed by atoms with Crippen molar-refractivity contribution in [3.8, 4) is 34.0 Å². The summed E-state index contributed by atoms with van der Waals surface area (Å²) in [5, 5.41) is 24.3. The molecule has 0 saturated heterocycles. The van der Waals surface area contributed by atoms with Crippen LogP contribution in [0.3, 0.4) is 0 Å². The number of carbonyl (C=O) groups excluding carboxylic acids is 2. The van der Waals surface area contributed by atoms with E-state index in [2.05, 4.69) is 27.5 Å². The van der Waals surface area contributed by atoms with Gasteiger partial charge >= 0.3 is 0 Å². The van der Waals surface area contributed by atoms with E-state index in [4.69, 9.17) is 9.47 Å². The summed E-state index contributed by atoms with van der Waals surface area (Å²) in [5.41, 5.74) is 3.82. The minimum absolute atomic E-state index is 0.168. The number of hydrogen-bond donors (Lipinski definition) is 4. The van der Waals surface area contributed by atoms with Crippen molar-refractivity contribution in [1.29, 1.82) is 0 Å². The predicted molar refractivity (Wildman–Crippen MR) is 186 cm³/mol. The van der Waals surface area contributed by atoms with Crippen molar-refractivity contribution in [3.05, 3.63) is 96.3 Å². The molecule has 0 bridgehead atoms. The van der Waals surface area contributed by atoms with Crippen molar-refractivity contribution in [2.75, 3.05) is 13.2 Å². The Labute approximate surface area is 282 Å². The van der Waals surface area contributed by atoms with Crippen LogP contribution in [0, 0.1) is 0 Å². The van der Waals surface area contributed by atoms with Gasteiger partial charge in [0.25, 0.3) is 5.91 Å². The van der Waals surface area contributed by atoms with Gasteiger partial charge in [0, 0.05) is 35.5 Å². The molecule has 1 heterocycles. The molecule has 10 nitrogen and oxygen atoms in total. The van der Waals surface area contributed by atoms with Crippen LogP contribution in [0.5, 0.6) is 11.5 Å². The molecule has 10 heteroatoms. The number of benzene rings is 3. The van der Waals surface area contributed by atoms with Crippen molar-refractivity contribution in [2.24, 2.45) is 0 Å². The highest BCUT2D eigenvalue weighted by Gasteiger charge is 2.25. The average Bonchev–Trinajstić information content (AvgIpc) is 3.10. The molecule has 2 atom stereocenters. The fraction of sp³-hybridized carbons (Fsp3) is 0.368.